The third-order valence-corrected chi connectivity index (χ3v) is 2.63. The Morgan fingerprint density at radius 1 is 1.31 bits per heavy atom. The van der Waals surface area contributed by atoms with Gasteiger partial charge in [0.05, 0.1) is 4.47 Å². The van der Waals surface area contributed by atoms with E-state index in [0.717, 1.165) is 5.39 Å². The van der Waals surface area contributed by atoms with Crippen molar-refractivity contribution < 1.29 is 4.39 Å². The Hall–Kier alpha value is -1.16. The summed E-state index contributed by atoms with van der Waals surface area (Å²) < 4.78 is 13.5. The fraction of sp³-hybridized carbons (Fsp3) is 0. The number of benzene rings is 1. The molecule has 2 nitrogen and oxygen atoms in total. The van der Waals surface area contributed by atoms with Crippen LogP contribution in [0.3, 0.4) is 0 Å². The Morgan fingerprint density at radius 2 is 2.08 bits per heavy atom. The Morgan fingerprint density at radius 3 is 2.85 bits per heavy atom. The van der Waals surface area contributed by atoms with Crippen LogP contribution in [0.5, 0.6) is 0 Å². The van der Waals surface area contributed by atoms with Crippen molar-refractivity contribution in [2.24, 2.45) is 0 Å². The lowest BCUT2D eigenvalue weighted by Gasteiger charge is -2.03. The van der Waals surface area contributed by atoms with E-state index in [2.05, 4.69) is 20.9 Å². The number of halogens is 2. The second-order valence-corrected chi connectivity index (χ2v) is 3.45. The van der Waals surface area contributed by atoms with Gasteiger partial charge in [-0.1, -0.05) is 6.07 Å². The summed E-state index contributed by atoms with van der Waals surface area (Å²) in [6, 6.07) is 4.86. The molecule has 0 atom stereocenters. The van der Waals surface area contributed by atoms with E-state index < -0.39 is 0 Å². The number of hydrogen-bond acceptors (Lipinski definition) is 2. The Balaban J connectivity index is 2.97. The molecule has 0 saturated carbocycles. The van der Waals surface area contributed by atoms with Crippen molar-refractivity contribution in [1.29, 1.82) is 0 Å². The fourth-order valence-electron chi connectivity index (χ4n) is 1.23. The van der Waals surface area contributed by atoms with E-state index in [1.807, 2.05) is 0 Å². The third kappa shape index (κ3) is 1.27. The molecule has 13 heavy (non-hydrogen) atoms. The first kappa shape index (κ1) is 8.44. The van der Waals surface area contributed by atoms with Gasteiger partial charge >= 0.3 is 0 Å². The van der Waals surface area contributed by atoms with Gasteiger partial charge in [0.15, 0.2) is 0 Å². The first-order valence-corrected chi connectivity index (χ1v) is 4.47. The molecule has 1 aromatic carbocycles. The molecule has 0 fully saturated rings. The summed E-state index contributed by atoms with van der Waals surface area (Å²) in [4.78, 5) is 3.89. The summed E-state index contributed by atoms with van der Waals surface area (Å²) in [7, 11) is 0. The highest BCUT2D eigenvalue weighted by Crippen LogP contribution is 2.29. The van der Waals surface area contributed by atoms with Crippen molar-refractivity contribution in [3.63, 3.8) is 0 Å². The Kier molecular flexibility index (Phi) is 1.92. The number of nitrogens with zero attached hydrogens (tertiary/aromatic N) is 1. The second-order valence-electron chi connectivity index (χ2n) is 2.66. The van der Waals surface area contributed by atoms with Gasteiger partial charge in [-0.15, -0.1) is 0 Å². The maximum Gasteiger partial charge on any atom is 0.138 e. The fourth-order valence-corrected chi connectivity index (χ4v) is 1.79. The van der Waals surface area contributed by atoms with Gasteiger partial charge in [0, 0.05) is 11.6 Å². The van der Waals surface area contributed by atoms with Crippen LogP contribution in [0.15, 0.2) is 28.9 Å². The van der Waals surface area contributed by atoms with Gasteiger partial charge in [0.25, 0.3) is 0 Å². The molecule has 0 saturated heterocycles. The maximum atomic E-state index is 13.1. The van der Waals surface area contributed by atoms with Crippen LogP contribution in [-0.4, -0.2) is 4.98 Å². The molecule has 0 unspecified atom stereocenters. The monoisotopic (exact) mass is 240 g/mol. The van der Waals surface area contributed by atoms with Crippen LogP contribution in [0.2, 0.25) is 0 Å². The van der Waals surface area contributed by atoms with Gasteiger partial charge < -0.3 is 5.73 Å². The minimum atomic E-state index is -0.327. The van der Waals surface area contributed by atoms with Crippen LogP contribution in [-0.2, 0) is 0 Å². The number of nitrogen functional groups attached to an aromatic ring is 1. The highest BCUT2D eigenvalue weighted by atomic mass is 79.9. The van der Waals surface area contributed by atoms with Crippen molar-refractivity contribution in [2.45, 2.75) is 0 Å². The minimum absolute atomic E-state index is 0.327. The first-order valence-electron chi connectivity index (χ1n) is 3.68. The number of hydrogen-bond donors (Lipinski definition) is 1. The largest absolute Gasteiger partial charge is 0.383 e. The molecule has 0 aliphatic rings. The molecule has 66 valence electrons. The molecule has 0 aliphatic heterocycles. The zero-order chi connectivity index (χ0) is 9.42. The standard InChI is InChI=1S/C9H6BrFN2/c10-8-6(11)2-1-5-3-4-13-9(12)7(5)8/h1-4H,(H2,12,13). The van der Waals surface area contributed by atoms with Crippen LogP contribution in [0, 0.1) is 5.82 Å². The predicted octanol–water partition coefficient (Wildman–Crippen LogP) is 2.72. The highest BCUT2D eigenvalue weighted by Gasteiger charge is 2.07. The molecule has 2 rings (SSSR count). The molecule has 0 bridgehead atoms. The molecular formula is C9H6BrFN2. The number of pyridine rings is 1. The lowest BCUT2D eigenvalue weighted by Crippen LogP contribution is -1.92. The first-order chi connectivity index (χ1) is 6.20. The summed E-state index contributed by atoms with van der Waals surface area (Å²) in [6.45, 7) is 0. The SMILES string of the molecule is Nc1nccc2ccc(F)c(Br)c12. The van der Waals surface area contributed by atoms with E-state index in [-0.39, 0.29) is 5.82 Å². The minimum Gasteiger partial charge on any atom is -0.383 e. The van der Waals surface area contributed by atoms with Gasteiger partial charge in [0.2, 0.25) is 0 Å². The van der Waals surface area contributed by atoms with Gasteiger partial charge in [-0.25, -0.2) is 9.37 Å². The van der Waals surface area contributed by atoms with Crippen molar-refractivity contribution in [3.8, 4) is 0 Å². The summed E-state index contributed by atoms with van der Waals surface area (Å²) in [6.07, 6.45) is 1.60. The van der Waals surface area contributed by atoms with Crippen molar-refractivity contribution in [2.75, 3.05) is 5.73 Å². The van der Waals surface area contributed by atoms with Crippen molar-refractivity contribution in [3.05, 3.63) is 34.7 Å². The van der Waals surface area contributed by atoms with Crippen LogP contribution in [0.1, 0.15) is 0 Å². The molecule has 0 radical (unpaired) electrons. The van der Waals surface area contributed by atoms with Crippen LogP contribution in [0.4, 0.5) is 10.2 Å². The summed E-state index contributed by atoms with van der Waals surface area (Å²) in [5.74, 6) is 0.0103. The summed E-state index contributed by atoms with van der Waals surface area (Å²) in [5.41, 5.74) is 5.62. The topological polar surface area (TPSA) is 38.9 Å². The molecule has 0 amide bonds. The van der Waals surface area contributed by atoms with E-state index in [1.165, 1.54) is 6.07 Å². The molecule has 0 spiro atoms. The molecule has 1 aromatic heterocycles. The molecule has 2 aromatic rings. The van der Waals surface area contributed by atoms with Crippen LogP contribution < -0.4 is 5.73 Å². The highest BCUT2D eigenvalue weighted by molar-refractivity contribution is 9.10. The smallest absolute Gasteiger partial charge is 0.138 e. The van der Waals surface area contributed by atoms with E-state index in [4.69, 9.17) is 5.73 Å². The molecular weight excluding hydrogens is 235 g/mol. The normalized spacial score (nSPS) is 10.6. The van der Waals surface area contributed by atoms with Crippen molar-refractivity contribution in [1.82, 2.24) is 4.98 Å². The van der Waals surface area contributed by atoms with Gasteiger partial charge in [-0.05, 0) is 33.4 Å². The van der Waals surface area contributed by atoms with Crippen LogP contribution in [0.25, 0.3) is 10.8 Å². The summed E-state index contributed by atoms with van der Waals surface area (Å²) in [5, 5.41) is 1.50. The Bertz CT molecular complexity index is 470. The average Bonchev–Trinajstić information content (AvgIpc) is 2.12. The quantitative estimate of drug-likeness (QED) is 0.770. The van der Waals surface area contributed by atoms with Crippen LogP contribution >= 0.6 is 15.9 Å². The predicted molar refractivity (Wildman–Crippen MR) is 53.8 cm³/mol. The number of anilines is 1. The molecule has 1 heterocycles. The Labute approximate surface area is 82.7 Å². The van der Waals surface area contributed by atoms with E-state index in [1.54, 1.807) is 18.3 Å². The lowest BCUT2D eigenvalue weighted by atomic mass is 10.1. The zero-order valence-electron chi connectivity index (χ0n) is 6.59. The maximum absolute atomic E-state index is 13.1. The third-order valence-electron chi connectivity index (χ3n) is 1.85. The number of rotatable bonds is 0. The molecule has 4 heteroatoms. The van der Waals surface area contributed by atoms with E-state index in [0.29, 0.717) is 15.7 Å². The lowest BCUT2D eigenvalue weighted by molar-refractivity contribution is 0.623. The summed E-state index contributed by atoms with van der Waals surface area (Å²) >= 11 is 3.14. The number of nitrogens with two attached hydrogens (primary N) is 1. The average molecular weight is 241 g/mol. The van der Waals surface area contributed by atoms with E-state index in [9.17, 15) is 4.39 Å². The van der Waals surface area contributed by atoms with E-state index >= 15 is 0 Å². The zero-order valence-corrected chi connectivity index (χ0v) is 8.18. The van der Waals surface area contributed by atoms with Gasteiger partial charge in [-0.3, -0.25) is 0 Å². The second kappa shape index (κ2) is 2.96. The molecule has 0 aliphatic carbocycles. The van der Waals surface area contributed by atoms with Crippen molar-refractivity contribution >= 4 is 32.5 Å². The number of aromatic nitrogens is 1. The molecule has 2 N–H and O–H groups in total. The van der Waals surface area contributed by atoms with Gasteiger partial charge in [-0.2, -0.15) is 0 Å². The van der Waals surface area contributed by atoms with Gasteiger partial charge in [0.1, 0.15) is 11.6 Å². The number of fused-ring (bicyclic) bond motifs is 1.